The highest BCUT2D eigenvalue weighted by atomic mass is 16.6. The van der Waals surface area contributed by atoms with Crippen LogP contribution in [0.5, 0.6) is 5.88 Å². The van der Waals surface area contributed by atoms with Crippen molar-refractivity contribution < 1.29 is 42.9 Å². The fourth-order valence-corrected chi connectivity index (χ4v) is 7.45. The zero-order valence-electron chi connectivity index (χ0n) is 35.8. The van der Waals surface area contributed by atoms with Gasteiger partial charge in [0.2, 0.25) is 5.88 Å². The molecule has 4 amide bonds. The van der Waals surface area contributed by atoms with Crippen LogP contribution in [0.2, 0.25) is 0 Å². The van der Waals surface area contributed by atoms with Crippen LogP contribution in [-0.4, -0.2) is 123 Å². The van der Waals surface area contributed by atoms with Crippen molar-refractivity contribution in [2.45, 2.75) is 123 Å². The van der Waals surface area contributed by atoms with Gasteiger partial charge in [-0.15, -0.1) is 0 Å². The number of benzene rings is 1. The molecule has 59 heavy (non-hydrogen) atoms. The lowest BCUT2D eigenvalue weighted by Gasteiger charge is -2.35. The smallest absolute Gasteiger partial charge is 0.416 e. The minimum absolute atomic E-state index is 0.0152. The van der Waals surface area contributed by atoms with Crippen molar-refractivity contribution in [1.82, 2.24) is 29.3 Å². The summed E-state index contributed by atoms with van der Waals surface area (Å²) in [6.07, 6.45) is 2.46. The maximum atomic E-state index is 14.1. The van der Waals surface area contributed by atoms with E-state index in [4.69, 9.17) is 33.8 Å². The molecule has 16 nitrogen and oxygen atoms in total. The third-order valence-corrected chi connectivity index (χ3v) is 10.5. The molecular weight excluding hydrogens is 759 g/mol. The second-order valence-corrected chi connectivity index (χ2v) is 18.1. The van der Waals surface area contributed by atoms with E-state index in [2.05, 4.69) is 13.8 Å². The summed E-state index contributed by atoms with van der Waals surface area (Å²) in [5, 5.41) is 4.69. The zero-order chi connectivity index (χ0) is 42.5. The van der Waals surface area contributed by atoms with Crippen molar-refractivity contribution in [2.24, 2.45) is 5.92 Å². The number of carbonyl (C=O) groups excluding carboxylic acids is 4. The Labute approximate surface area is 347 Å². The van der Waals surface area contributed by atoms with Gasteiger partial charge < -0.3 is 38.4 Å². The van der Waals surface area contributed by atoms with E-state index in [-0.39, 0.29) is 37.2 Å². The molecule has 1 aromatic carbocycles. The average Bonchev–Trinajstić information content (AvgIpc) is 3.83. The van der Waals surface area contributed by atoms with Crippen LogP contribution in [0, 0.1) is 5.92 Å². The minimum Gasteiger partial charge on any atom is -0.472 e. The number of hydrogen-bond acceptors (Lipinski definition) is 11. The second-order valence-electron chi connectivity index (χ2n) is 18.1. The standard InChI is InChI=1S/C43H61N7O9/c1-29(2)34-24-44-50-36(23-35(45-37(34)50)56-32-15-12-19-47(26-32)40(53)58-42(3,4)5)49(41(54)59-43(6,7)8)25-30-16-20-46(21-17-30)39(52)57-33-18-22-48(27-33)38(51)55-28-31-13-10-9-11-14-31/h9-11,13-14,23-24,29-30,32-33H,12,15-22,25-28H2,1-8H3/t32-,33?/m1/s1. The zero-order valence-corrected chi connectivity index (χ0v) is 35.8. The molecule has 2 aromatic heterocycles. The molecule has 16 heteroatoms. The van der Waals surface area contributed by atoms with Gasteiger partial charge in [-0.05, 0) is 84.6 Å². The molecule has 2 atom stereocenters. The Bertz CT molecular complexity index is 1930. The SMILES string of the molecule is CC(C)c1cnn2c(N(CC3CCN(C(=O)OC4CCN(C(=O)OCc5ccccc5)C4)CC3)C(=O)OC(C)(C)C)cc(O[C@@H]3CCCN(C(=O)OC(C)(C)C)C3)nc12. The molecule has 0 spiro atoms. The van der Waals surface area contributed by atoms with Crippen LogP contribution in [0.25, 0.3) is 5.65 Å². The van der Waals surface area contributed by atoms with Crippen molar-refractivity contribution in [3.63, 3.8) is 0 Å². The van der Waals surface area contributed by atoms with E-state index in [0.717, 1.165) is 24.0 Å². The van der Waals surface area contributed by atoms with E-state index in [1.165, 1.54) is 0 Å². The van der Waals surface area contributed by atoms with Crippen molar-refractivity contribution in [1.29, 1.82) is 0 Å². The summed E-state index contributed by atoms with van der Waals surface area (Å²) in [5.74, 6) is 0.856. The molecule has 3 aliphatic rings. The summed E-state index contributed by atoms with van der Waals surface area (Å²) < 4.78 is 31.1. The molecule has 6 rings (SSSR count). The monoisotopic (exact) mass is 819 g/mol. The van der Waals surface area contributed by atoms with Crippen LogP contribution >= 0.6 is 0 Å². The number of likely N-dealkylation sites (tertiary alicyclic amines) is 3. The Morgan fingerprint density at radius 1 is 0.797 bits per heavy atom. The third-order valence-electron chi connectivity index (χ3n) is 10.5. The molecule has 3 saturated heterocycles. The lowest BCUT2D eigenvalue weighted by molar-refractivity contribution is 0.00719. The largest absolute Gasteiger partial charge is 0.472 e. The summed E-state index contributed by atoms with van der Waals surface area (Å²) in [6.45, 7) is 18.1. The van der Waals surface area contributed by atoms with Crippen LogP contribution in [0.1, 0.15) is 105 Å². The van der Waals surface area contributed by atoms with Gasteiger partial charge in [-0.25, -0.2) is 19.2 Å². The van der Waals surface area contributed by atoms with Crippen LogP contribution in [-0.2, 0) is 25.6 Å². The number of ether oxygens (including phenoxy) is 5. The molecule has 1 unspecified atom stereocenters. The molecule has 0 N–H and O–H groups in total. The summed E-state index contributed by atoms with van der Waals surface area (Å²) in [6, 6.07) is 11.2. The topological polar surface area (TPSA) is 158 Å². The Morgan fingerprint density at radius 2 is 1.46 bits per heavy atom. The van der Waals surface area contributed by atoms with Gasteiger partial charge in [-0.2, -0.15) is 14.6 Å². The third kappa shape index (κ3) is 11.7. The van der Waals surface area contributed by atoms with E-state index in [0.29, 0.717) is 75.9 Å². The molecule has 0 bridgehead atoms. The molecule has 322 valence electrons. The van der Waals surface area contributed by atoms with E-state index in [1.54, 1.807) is 36.4 Å². The predicted molar refractivity (Wildman–Crippen MR) is 219 cm³/mol. The minimum atomic E-state index is -0.775. The van der Waals surface area contributed by atoms with Gasteiger partial charge in [0.05, 0.1) is 19.3 Å². The van der Waals surface area contributed by atoms with Gasteiger partial charge in [0, 0.05) is 50.8 Å². The number of aromatic nitrogens is 3. The van der Waals surface area contributed by atoms with Gasteiger partial charge in [0.15, 0.2) is 5.65 Å². The van der Waals surface area contributed by atoms with Gasteiger partial charge in [0.25, 0.3) is 0 Å². The Balaban J connectivity index is 1.12. The van der Waals surface area contributed by atoms with Crippen LogP contribution < -0.4 is 9.64 Å². The summed E-state index contributed by atoms with van der Waals surface area (Å²) in [4.78, 5) is 64.4. The van der Waals surface area contributed by atoms with Crippen LogP contribution in [0.15, 0.2) is 42.6 Å². The summed E-state index contributed by atoms with van der Waals surface area (Å²) in [5.41, 5.74) is 0.962. The number of carbonyl (C=O) groups is 4. The first-order chi connectivity index (χ1) is 27.9. The lowest BCUT2D eigenvalue weighted by atomic mass is 9.96. The molecule has 3 fully saturated rings. The van der Waals surface area contributed by atoms with Crippen molar-refractivity contribution >= 4 is 35.8 Å². The highest BCUT2D eigenvalue weighted by Crippen LogP contribution is 2.32. The van der Waals surface area contributed by atoms with Gasteiger partial charge in [-0.3, -0.25) is 4.90 Å². The molecule has 3 aromatic rings. The quantitative estimate of drug-likeness (QED) is 0.196. The van der Waals surface area contributed by atoms with Gasteiger partial charge in [-0.1, -0.05) is 44.2 Å². The molecule has 3 aliphatic heterocycles. The first-order valence-corrected chi connectivity index (χ1v) is 20.9. The number of amides is 4. The van der Waals surface area contributed by atoms with E-state index in [9.17, 15) is 19.2 Å². The fourth-order valence-electron chi connectivity index (χ4n) is 7.45. The molecule has 5 heterocycles. The van der Waals surface area contributed by atoms with Gasteiger partial charge >= 0.3 is 24.4 Å². The highest BCUT2D eigenvalue weighted by Gasteiger charge is 2.35. The summed E-state index contributed by atoms with van der Waals surface area (Å²) in [7, 11) is 0. The lowest BCUT2D eigenvalue weighted by Crippen LogP contribution is -2.46. The van der Waals surface area contributed by atoms with Crippen LogP contribution in [0.3, 0.4) is 0 Å². The van der Waals surface area contributed by atoms with Crippen molar-refractivity contribution in [3.05, 3.63) is 53.7 Å². The fraction of sp³-hybridized carbons (Fsp3) is 0.628. The Hall–Kier alpha value is -5.28. The number of nitrogens with zero attached hydrogens (tertiary/aromatic N) is 7. The first kappa shape index (κ1) is 43.3. The number of rotatable bonds is 9. The number of hydrogen-bond donors (Lipinski definition) is 0. The molecule has 0 saturated carbocycles. The number of fused-ring (bicyclic) bond motifs is 1. The maximum absolute atomic E-state index is 14.1. The average molecular weight is 820 g/mol. The molecule has 0 radical (unpaired) electrons. The maximum Gasteiger partial charge on any atom is 0.416 e. The molecular formula is C43H61N7O9. The highest BCUT2D eigenvalue weighted by molar-refractivity contribution is 5.87. The van der Waals surface area contributed by atoms with E-state index >= 15 is 0 Å². The second kappa shape index (κ2) is 18.3. The van der Waals surface area contributed by atoms with E-state index in [1.807, 2.05) is 71.9 Å². The van der Waals surface area contributed by atoms with Crippen LogP contribution in [0.4, 0.5) is 25.0 Å². The predicted octanol–water partition coefficient (Wildman–Crippen LogP) is 7.63. The number of anilines is 1. The summed E-state index contributed by atoms with van der Waals surface area (Å²) >= 11 is 0. The van der Waals surface area contributed by atoms with Crippen molar-refractivity contribution in [3.8, 4) is 5.88 Å². The van der Waals surface area contributed by atoms with E-state index < -0.39 is 35.6 Å². The normalized spacial score (nSPS) is 19.2. The first-order valence-electron chi connectivity index (χ1n) is 20.9. The van der Waals surface area contributed by atoms with Gasteiger partial charge in [0.1, 0.15) is 35.8 Å². The Kier molecular flexibility index (Phi) is 13.5. The number of piperidine rings is 2. The Morgan fingerprint density at radius 3 is 2.14 bits per heavy atom. The van der Waals surface area contributed by atoms with Crippen molar-refractivity contribution in [2.75, 3.05) is 50.7 Å². The molecule has 0 aliphatic carbocycles.